The quantitative estimate of drug-likeness (QED) is 0.655. The molecule has 0 unspecified atom stereocenters. The predicted molar refractivity (Wildman–Crippen MR) is 41.3 cm³/mol. The van der Waals surface area contributed by atoms with Gasteiger partial charge in [0.1, 0.15) is 0 Å². The van der Waals surface area contributed by atoms with Gasteiger partial charge in [-0.05, 0) is 12.8 Å². The van der Waals surface area contributed by atoms with Gasteiger partial charge in [0.05, 0.1) is 18.3 Å². The molecule has 0 saturated heterocycles. The van der Waals surface area contributed by atoms with Gasteiger partial charge in [0, 0.05) is 0 Å². The van der Waals surface area contributed by atoms with E-state index in [-0.39, 0.29) is 11.7 Å². The first-order valence-corrected chi connectivity index (χ1v) is 4.01. The molecule has 6 heteroatoms. The van der Waals surface area contributed by atoms with Crippen molar-refractivity contribution in [2.24, 2.45) is 0 Å². The normalized spacial score (nSPS) is 26.8. The molecule has 0 radical (unpaired) electrons. The minimum Gasteiger partial charge on any atom is -0.476 e. The summed E-state index contributed by atoms with van der Waals surface area (Å²) >= 11 is 0. The summed E-state index contributed by atoms with van der Waals surface area (Å²) in [5.74, 6) is -1.10. The van der Waals surface area contributed by atoms with Gasteiger partial charge in [-0.2, -0.15) is 0 Å². The Morgan fingerprint density at radius 1 is 1.62 bits per heavy atom. The van der Waals surface area contributed by atoms with Crippen molar-refractivity contribution < 1.29 is 15.0 Å². The lowest BCUT2D eigenvalue weighted by molar-refractivity contribution is 0.0244. The monoisotopic (exact) mass is 183 g/mol. The van der Waals surface area contributed by atoms with E-state index >= 15 is 0 Å². The Kier molecular flexibility index (Phi) is 1.77. The molecule has 1 fully saturated rings. The maximum Gasteiger partial charge on any atom is 0.358 e. The van der Waals surface area contributed by atoms with Crippen LogP contribution in [-0.2, 0) is 0 Å². The SMILES string of the molecule is O=C(O)c1cn([C@@H]2CC[C@H]2O)nn1. The van der Waals surface area contributed by atoms with Crippen molar-refractivity contribution in [1.82, 2.24) is 15.0 Å². The van der Waals surface area contributed by atoms with Crippen LogP contribution >= 0.6 is 0 Å². The summed E-state index contributed by atoms with van der Waals surface area (Å²) in [4.78, 5) is 10.4. The highest BCUT2D eigenvalue weighted by Crippen LogP contribution is 2.31. The number of carbonyl (C=O) groups is 1. The maximum atomic E-state index is 10.4. The molecule has 1 heterocycles. The van der Waals surface area contributed by atoms with Crippen LogP contribution in [0.2, 0.25) is 0 Å². The van der Waals surface area contributed by atoms with Crippen LogP contribution in [0.4, 0.5) is 0 Å². The summed E-state index contributed by atoms with van der Waals surface area (Å²) in [5.41, 5.74) is -0.0842. The average Bonchev–Trinajstić information content (AvgIpc) is 2.50. The highest BCUT2D eigenvalue weighted by Gasteiger charge is 2.31. The second kappa shape index (κ2) is 2.81. The van der Waals surface area contributed by atoms with Crippen molar-refractivity contribution in [1.29, 1.82) is 0 Å². The number of aromatic nitrogens is 3. The van der Waals surface area contributed by atoms with E-state index in [1.165, 1.54) is 10.9 Å². The molecule has 1 aliphatic rings. The highest BCUT2D eigenvalue weighted by molar-refractivity contribution is 5.84. The van der Waals surface area contributed by atoms with Crippen LogP contribution in [0.5, 0.6) is 0 Å². The molecule has 1 aromatic rings. The molecule has 0 aromatic carbocycles. The Morgan fingerprint density at radius 2 is 2.38 bits per heavy atom. The Labute approximate surface area is 73.8 Å². The molecule has 13 heavy (non-hydrogen) atoms. The standard InChI is InChI=1S/C7H9N3O3/c11-6-2-1-5(6)10-3-4(7(12)13)8-9-10/h3,5-6,11H,1-2H2,(H,12,13)/t5-,6-/m1/s1. The fourth-order valence-corrected chi connectivity index (χ4v) is 1.31. The van der Waals surface area contributed by atoms with Crippen LogP contribution in [0.1, 0.15) is 29.4 Å². The summed E-state index contributed by atoms with van der Waals surface area (Å²) in [5, 5.41) is 24.9. The third-order valence-corrected chi connectivity index (χ3v) is 2.27. The Hall–Kier alpha value is -1.43. The molecule has 1 saturated carbocycles. The molecule has 70 valence electrons. The van der Waals surface area contributed by atoms with Gasteiger partial charge in [-0.25, -0.2) is 9.48 Å². The van der Waals surface area contributed by atoms with Crippen molar-refractivity contribution >= 4 is 5.97 Å². The summed E-state index contributed by atoms with van der Waals surface area (Å²) < 4.78 is 1.41. The van der Waals surface area contributed by atoms with E-state index in [4.69, 9.17) is 5.11 Å². The number of hydrogen-bond acceptors (Lipinski definition) is 4. The first kappa shape index (κ1) is 8.18. The minimum absolute atomic E-state index is 0.0842. The molecule has 0 amide bonds. The van der Waals surface area contributed by atoms with Gasteiger partial charge in [-0.1, -0.05) is 5.21 Å². The van der Waals surface area contributed by atoms with E-state index < -0.39 is 12.1 Å². The zero-order valence-electron chi connectivity index (χ0n) is 6.79. The number of aromatic carboxylic acids is 1. The van der Waals surface area contributed by atoms with E-state index in [1.54, 1.807) is 0 Å². The van der Waals surface area contributed by atoms with Gasteiger partial charge >= 0.3 is 5.97 Å². The Morgan fingerprint density at radius 3 is 2.77 bits per heavy atom. The van der Waals surface area contributed by atoms with Gasteiger partial charge in [0.2, 0.25) is 0 Å². The number of nitrogens with zero attached hydrogens (tertiary/aromatic N) is 3. The molecule has 2 atom stereocenters. The molecule has 6 nitrogen and oxygen atoms in total. The number of carboxylic acids is 1. The van der Waals surface area contributed by atoms with Crippen LogP contribution in [0.15, 0.2) is 6.20 Å². The lowest BCUT2D eigenvalue weighted by Crippen LogP contribution is -2.34. The highest BCUT2D eigenvalue weighted by atomic mass is 16.4. The van der Waals surface area contributed by atoms with E-state index in [0.717, 1.165) is 12.8 Å². The number of aliphatic hydroxyl groups excluding tert-OH is 1. The van der Waals surface area contributed by atoms with Gasteiger partial charge in [-0.15, -0.1) is 5.10 Å². The lowest BCUT2D eigenvalue weighted by Gasteiger charge is -2.31. The van der Waals surface area contributed by atoms with Crippen LogP contribution < -0.4 is 0 Å². The van der Waals surface area contributed by atoms with Crippen molar-refractivity contribution in [3.8, 4) is 0 Å². The molecular weight excluding hydrogens is 174 g/mol. The molecule has 2 N–H and O–H groups in total. The van der Waals surface area contributed by atoms with Crippen molar-refractivity contribution in [2.45, 2.75) is 25.0 Å². The number of aliphatic hydroxyl groups is 1. The summed E-state index contributed by atoms with van der Waals surface area (Å²) in [6, 6.07) is -0.0967. The molecule has 1 aromatic heterocycles. The largest absolute Gasteiger partial charge is 0.476 e. The van der Waals surface area contributed by atoms with Crippen LogP contribution in [0, 0.1) is 0 Å². The van der Waals surface area contributed by atoms with Gasteiger partial charge in [-0.3, -0.25) is 0 Å². The zero-order chi connectivity index (χ0) is 9.42. The third-order valence-electron chi connectivity index (χ3n) is 2.27. The lowest BCUT2D eigenvalue weighted by atomic mass is 9.89. The molecular formula is C7H9N3O3. The van der Waals surface area contributed by atoms with Crippen molar-refractivity contribution in [3.63, 3.8) is 0 Å². The minimum atomic E-state index is -1.10. The summed E-state index contributed by atoms with van der Waals surface area (Å²) in [7, 11) is 0. The molecule has 0 aliphatic heterocycles. The molecule has 0 bridgehead atoms. The molecule has 1 aliphatic carbocycles. The summed E-state index contributed by atoms with van der Waals surface area (Å²) in [6.45, 7) is 0. The van der Waals surface area contributed by atoms with Gasteiger partial charge < -0.3 is 10.2 Å². The average molecular weight is 183 g/mol. The van der Waals surface area contributed by atoms with E-state index in [9.17, 15) is 9.90 Å². The summed E-state index contributed by atoms with van der Waals surface area (Å²) in [6.07, 6.45) is 2.50. The Bertz CT molecular complexity index is 335. The second-order valence-corrected chi connectivity index (χ2v) is 3.10. The van der Waals surface area contributed by atoms with Gasteiger partial charge in [0.25, 0.3) is 0 Å². The second-order valence-electron chi connectivity index (χ2n) is 3.10. The zero-order valence-corrected chi connectivity index (χ0v) is 6.79. The molecule has 0 spiro atoms. The number of hydrogen-bond donors (Lipinski definition) is 2. The van der Waals surface area contributed by atoms with E-state index in [1.807, 2.05) is 0 Å². The fourth-order valence-electron chi connectivity index (χ4n) is 1.31. The van der Waals surface area contributed by atoms with Crippen LogP contribution in [-0.4, -0.2) is 37.3 Å². The fraction of sp³-hybridized carbons (Fsp3) is 0.571. The smallest absolute Gasteiger partial charge is 0.358 e. The topological polar surface area (TPSA) is 88.2 Å². The Balaban J connectivity index is 2.17. The first-order chi connectivity index (χ1) is 6.18. The maximum absolute atomic E-state index is 10.4. The predicted octanol–water partition coefficient (Wildman–Crippen LogP) is -0.328. The van der Waals surface area contributed by atoms with E-state index in [2.05, 4.69) is 10.3 Å². The van der Waals surface area contributed by atoms with Crippen molar-refractivity contribution in [3.05, 3.63) is 11.9 Å². The van der Waals surface area contributed by atoms with Gasteiger partial charge in [0.15, 0.2) is 5.69 Å². The van der Waals surface area contributed by atoms with Crippen molar-refractivity contribution in [2.75, 3.05) is 0 Å². The number of carboxylic acid groups (broad SMARTS) is 1. The molecule has 2 rings (SSSR count). The first-order valence-electron chi connectivity index (χ1n) is 4.01. The number of rotatable bonds is 2. The third kappa shape index (κ3) is 1.29. The van der Waals surface area contributed by atoms with E-state index in [0.29, 0.717) is 0 Å². The van der Waals surface area contributed by atoms with Crippen LogP contribution in [0.25, 0.3) is 0 Å². The van der Waals surface area contributed by atoms with Crippen LogP contribution in [0.3, 0.4) is 0 Å².